The lowest BCUT2D eigenvalue weighted by atomic mass is 9.90. The number of amides is 12. The molecule has 0 saturated carbocycles. The van der Waals surface area contributed by atoms with E-state index in [2.05, 4.69) is 68.1 Å². The highest BCUT2D eigenvalue weighted by Crippen LogP contribution is 2.32. The number of benzene rings is 4. The number of H-pyrrole nitrogens is 1. The van der Waals surface area contributed by atoms with Crippen LogP contribution in [-0.4, -0.2) is 234 Å². The zero-order valence-corrected chi connectivity index (χ0v) is 65.1. The van der Waals surface area contributed by atoms with Gasteiger partial charge >= 0.3 is 18.0 Å². The van der Waals surface area contributed by atoms with Crippen LogP contribution in [0, 0.1) is 12.7 Å². The van der Waals surface area contributed by atoms with Crippen molar-refractivity contribution in [2.75, 3.05) is 33.9 Å². The lowest BCUT2D eigenvalue weighted by Gasteiger charge is -2.37. The third-order valence-corrected chi connectivity index (χ3v) is 19.6. The molecule has 1 aliphatic heterocycles. The van der Waals surface area contributed by atoms with Gasteiger partial charge in [0.1, 0.15) is 71.0 Å². The van der Waals surface area contributed by atoms with Gasteiger partial charge in [0, 0.05) is 56.6 Å². The molecule has 0 radical (unpaired) electrons. The van der Waals surface area contributed by atoms with E-state index in [9.17, 15) is 92.7 Å². The molecule has 12 amide bonds. The van der Waals surface area contributed by atoms with Crippen LogP contribution in [0.15, 0.2) is 122 Å². The number of nitrogens with zero attached hydrogens (tertiary/aromatic N) is 3. The fourth-order valence-corrected chi connectivity index (χ4v) is 13.0. The summed E-state index contributed by atoms with van der Waals surface area (Å²) >= 11 is 0. The van der Waals surface area contributed by atoms with Crippen LogP contribution < -0.4 is 63.6 Å². The summed E-state index contributed by atoms with van der Waals surface area (Å²) in [6.07, 6.45) is -3.26. The van der Waals surface area contributed by atoms with Crippen LogP contribution in [0.25, 0.3) is 22.4 Å². The molecule has 0 aliphatic carbocycles. The topological polar surface area (TPSA) is 550 Å². The molecule has 4 aromatic carbocycles. The van der Waals surface area contributed by atoms with Gasteiger partial charge in [0.05, 0.1) is 63.7 Å². The highest BCUT2D eigenvalue weighted by Gasteiger charge is 2.49. The minimum atomic E-state index is -2.45. The number of ether oxygens (including phenoxy) is 2. The number of carboxylic acid groups (broad SMARTS) is 2. The summed E-state index contributed by atoms with van der Waals surface area (Å²) in [7, 11) is 2.62. The Hall–Kier alpha value is -12.8. The molecular weight excluding hydrogens is 1510 g/mol. The number of aliphatic hydroxyl groups is 3. The number of primary amides is 1. The average molecular weight is 1610 g/mol. The Kier molecular flexibility index (Phi) is 32.6. The van der Waals surface area contributed by atoms with Gasteiger partial charge in [0.2, 0.25) is 65.0 Å². The molecule has 1 saturated heterocycles. The number of nitrogens with two attached hydrogens (primary N) is 1. The van der Waals surface area contributed by atoms with Crippen molar-refractivity contribution >= 4 is 83.0 Å². The van der Waals surface area contributed by atoms with E-state index in [1.807, 2.05) is 50.2 Å². The molecule has 1 aliphatic rings. The minimum absolute atomic E-state index is 0.0116. The molecule has 0 spiro atoms. The van der Waals surface area contributed by atoms with Gasteiger partial charge in [0.15, 0.2) is 0 Å². The van der Waals surface area contributed by atoms with Crippen molar-refractivity contribution in [3.63, 3.8) is 0 Å². The molecule has 622 valence electrons. The van der Waals surface area contributed by atoms with Gasteiger partial charge in [-0.25, -0.2) is 14.2 Å². The van der Waals surface area contributed by atoms with Crippen LogP contribution in [-0.2, 0) is 99.2 Å². The predicted octanol–water partition coefficient (Wildman–Crippen LogP) is -0.503. The number of aliphatic carboxylic acids is 2. The van der Waals surface area contributed by atoms with Gasteiger partial charge < -0.3 is 104 Å². The molecule has 0 bridgehead atoms. The van der Waals surface area contributed by atoms with Crippen molar-refractivity contribution in [2.45, 2.75) is 177 Å². The number of rotatable bonds is 41. The van der Waals surface area contributed by atoms with Crippen molar-refractivity contribution in [1.29, 1.82) is 0 Å². The molecule has 2 aromatic heterocycles. The predicted molar refractivity (Wildman–Crippen MR) is 413 cm³/mol. The number of aryl methyl sites for hydroxylation is 2. The number of halogens is 1. The van der Waals surface area contributed by atoms with Gasteiger partial charge in [-0.1, -0.05) is 85.8 Å². The Labute approximate surface area is 666 Å². The summed E-state index contributed by atoms with van der Waals surface area (Å²) in [6.45, 7) is 6.03. The molecule has 3 heterocycles. The van der Waals surface area contributed by atoms with Crippen molar-refractivity contribution in [3.8, 4) is 28.1 Å². The van der Waals surface area contributed by atoms with Gasteiger partial charge in [-0.2, -0.15) is 0 Å². The highest BCUT2D eigenvalue weighted by atomic mass is 19.1. The Morgan fingerprint density at radius 3 is 1.90 bits per heavy atom. The number of imidazole rings is 1. The Morgan fingerprint density at radius 2 is 1.29 bits per heavy atom. The van der Waals surface area contributed by atoms with E-state index >= 15 is 4.39 Å². The third-order valence-electron chi connectivity index (χ3n) is 19.6. The zero-order valence-electron chi connectivity index (χ0n) is 65.1. The summed E-state index contributed by atoms with van der Waals surface area (Å²) in [5.41, 5.74) is 7.80. The maximum Gasteiger partial charge on any atom is 0.407 e. The largest absolute Gasteiger partial charge is 0.497 e. The number of likely N-dealkylation sites (tertiary alicyclic amines) is 1. The van der Waals surface area contributed by atoms with Crippen molar-refractivity contribution in [1.82, 2.24) is 73.0 Å². The number of aromatic amines is 1. The SMILES string of the molecule is CCc1cc(OC)ccc1-c1ccc(C[C@H](NC(=O)[C@H](CC(=O)O)NC(=O)[C@H](CO)NC(=O)[C@@H](NC(=O)[C@@](C)(Cc2ccccc2F)NC(=O)[C@@H](NC(=O)CNC(=O)[C@H](CCC(=O)O)NC(=O)[C@@]2(C)CCCN2C(=O)[C@H](Cc2c[nH]cn2)NC(=O)OC)[C@@H](C)O)[C@@H](C)O)C(=O)N[C@@H](Cc2ccc(-c3ccccc3C)nc2)C(N)=O)cc1. The monoisotopic (exact) mass is 1610 g/mol. The average Bonchev–Trinajstić information content (AvgIpc) is 1.61. The number of carbonyl (C=O) groups excluding carboxylic acids is 12. The lowest BCUT2D eigenvalue weighted by molar-refractivity contribution is -0.146. The smallest absolute Gasteiger partial charge is 0.407 e. The molecule has 18 N–H and O–H groups in total. The van der Waals surface area contributed by atoms with Crippen LogP contribution >= 0.6 is 0 Å². The van der Waals surface area contributed by atoms with E-state index in [0.717, 1.165) is 61.8 Å². The fraction of sp³-hybridized carbons (Fsp3) is 0.418. The van der Waals surface area contributed by atoms with E-state index in [0.29, 0.717) is 34.7 Å². The number of carboxylic acids is 2. The van der Waals surface area contributed by atoms with Crippen molar-refractivity contribution in [2.24, 2.45) is 5.73 Å². The van der Waals surface area contributed by atoms with E-state index in [4.69, 9.17) is 15.2 Å². The molecular formula is C79H98FN15O21. The molecule has 6 aromatic rings. The van der Waals surface area contributed by atoms with Crippen LogP contribution in [0.2, 0.25) is 0 Å². The van der Waals surface area contributed by atoms with Crippen LogP contribution in [0.4, 0.5) is 9.18 Å². The van der Waals surface area contributed by atoms with Gasteiger partial charge in [-0.15, -0.1) is 0 Å². The number of alkyl carbamates (subject to hydrolysis) is 1. The van der Waals surface area contributed by atoms with Crippen molar-refractivity contribution in [3.05, 3.63) is 161 Å². The first-order chi connectivity index (χ1) is 55.0. The van der Waals surface area contributed by atoms with E-state index in [1.54, 1.807) is 49.6 Å². The summed E-state index contributed by atoms with van der Waals surface area (Å²) in [5, 5.41) is 75.7. The first-order valence-electron chi connectivity index (χ1n) is 37.1. The molecule has 0 unspecified atom stereocenters. The van der Waals surface area contributed by atoms with E-state index in [-0.39, 0.29) is 44.2 Å². The highest BCUT2D eigenvalue weighted by molar-refractivity contribution is 6.01. The number of aromatic nitrogens is 3. The van der Waals surface area contributed by atoms with Crippen LogP contribution in [0.5, 0.6) is 5.75 Å². The molecule has 12 atom stereocenters. The number of methoxy groups -OCH3 is 2. The summed E-state index contributed by atoms with van der Waals surface area (Å²) in [5.74, 6) is -16.1. The lowest BCUT2D eigenvalue weighted by Crippen LogP contribution is -2.67. The standard InChI is InChI=1S/C79H98FN15O21/c1-9-47-33-51(115-7)24-25-53(47)48-22-19-45(20-23-48)31-58(69(106)86-57(67(81)104)32-46-21-26-55(83-37-46)52-17-12-10-15-42(52)2)87-70(107)59(35-64(102)103)88-71(108)61(40-96)89-72(109)65(43(3)97)93-75(112)78(5,36-49-16-11-13-18-54(49)80)94-73(110)66(44(4)98)92-62(99)39-84-68(105)56(27-28-63(100)101)90-76(113)79(6)29-14-30-95(79)74(111)60(91-77(114)116-8)34-50-38-82-41-85-50/h10-13,15-26,33,37-38,41,43-44,56-61,65-66,96-98H,9,14,27-32,34-36,39-40H2,1-8H3,(H2,81,104)(H,82,85)(H,84,105)(H,86,106)(H,87,107)(H,88,108)(H,89,109)(H,90,113)(H,91,114)(H,92,99)(H,93,112)(H,94,110)(H,100,101)(H,102,103)/t43-,44-,56+,57+,58+,59+,60+,61+,65+,66+,78-,79-/m1/s1. The molecule has 37 heteroatoms. The number of aliphatic hydroxyl groups excluding tert-OH is 3. The second-order valence-electron chi connectivity index (χ2n) is 28.3. The Morgan fingerprint density at radius 1 is 0.664 bits per heavy atom. The van der Waals surface area contributed by atoms with Gasteiger partial charge in [0.25, 0.3) is 0 Å². The third kappa shape index (κ3) is 24.9. The van der Waals surface area contributed by atoms with Crippen LogP contribution in [0.3, 0.4) is 0 Å². The summed E-state index contributed by atoms with van der Waals surface area (Å²) < 4.78 is 25.7. The first kappa shape index (κ1) is 90.4. The van der Waals surface area contributed by atoms with Gasteiger partial charge in [-0.3, -0.25) is 67.3 Å². The van der Waals surface area contributed by atoms with Crippen molar-refractivity contribution < 1.29 is 107 Å². The number of hydrogen-bond acceptors (Lipinski definition) is 21. The van der Waals surface area contributed by atoms with E-state index < -0.39 is 199 Å². The van der Waals surface area contributed by atoms with Gasteiger partial charge in [-0.05, 0) is 124 Å². The number of nitrogens with one attached hydrogen (secondary N) is 11. The number of carbonyl (C=O) groups is 14. The fourth-order valence-electron chi connectivity index (χ4n) is 13.0. The number of pyridine rings is 1. The summed E-state index contributed by atoms with van der Waals surface area (Å²) in [6, 6.07) is 13.8. The molecule has 1 fully saturated rings. The number of hydrogen-bond donors (Lipinski definition) is 17. The normalized spacial score (nSPS) is 16.2. The second-order valence-corrected chi connectivity index (χ2v) is 28.3. The summed E-state index contributed by atoms with van der Waals surface area (Å²) in [4.78, 5) is 205. The Balaban J connectivity index is 1.05. The Bertz CT molecular complexity index is 4530. The minimum Gasteiger partial charge on any atom is -0.497 e. The maximum atomic E-state index is 15.6. The van der Waals surface area contributed by atoms with Crippen LogP contribution in [0.1, 0.15) is 100 Å². The second kappa shape index (κ2) is 41.8. The maximum absolute atomic E-state index is 15.6. The first-order valence-corrected chi connectivity index (χ1v) is 37.1. The molecule has 7 rings (SSSR count). The zero-order chi connectivity index (χ0) is 85.3. The molecule has 36 nitrogen and oxygen atoms in total. The molecule has 116 heavy (non-hydrogen) atoms. The van der Waals surface area contributed by atoms with E-state index in [1.165, 1.54) is 48.7 Å². The quantitative estimate of drug-likeness (QED) is 0.0230.